The summed E-state index contributed by atoms with van der Waals surface area (Å²) in [7, 11) is 1.53. The third-order valence-corrected chi connectivity index (χ3v) is 3.62. The van der Waals surface area contributed by atoms with Crippen molar-refractivity contribution in [2.75, 3.05) is 31.7 Å². The number of methoxy groups -OCH3 is 1. The minimum atomic E-state index is -0.0430. The minimum Gasteiger partial charge on any atom is -0.375 e. The van der Waals surface area contributed by atoms with E-state index in [2.05, 4.69) is 20.2 Å². The van der Waals surface area contributed by atoms with E-state index in [1.165, 1.54) is 7.11 Å². The molecule has 0 radical (unpaired) electrons. The Labute approximate surface area is 125 Å². The van der Waals surface area contributed by atoms with Gasteiger partial charge < -0.3 is 15.0 Å². The van der Waals surface area contributed by atoms with E-state index in [1.54, 1.807) is 0 Å². The normalized spacial score (nSPS) is 19.2. The fourth-order valence-electron chi connectivity index (χ4n) is 2.69. The van der Waals surface area contributed by atoms with Crippen LogP contribution in [-0.2, 0) is 9.53 Å². The van der Waals surface area contributed by atoms with Crippen molar-refractivity contribution in [1.29, 1.82) is 0 Å². The highest BCUT2D eigenvalue weighted by Gasteiger charge is 2.20. The number of anilines is 1. The molecule has 1 aromatic heterocycles. The molecule has 2 rings (SSSR count). The Bertz CT molecular complexity index is 472. The topological polar surface area (TPSA) is 67.3 Å². The lowest BCUT2D eigenvalue weighted by molar-refractivity contribution is -0.125. The van der Waals surface area contributed by atoms with Crippen LogP contribution < -0.4 is 10.2 Å². The number of hydrogen-bond acceptors (Lipinski definition) is 5. The van der Waals surface area contributed by atoms with Gasteiger partial charge in [0, 0.05) is 37.6 Å². The summed E-state index contributed by atoms with van der Waals surface area (Å²) < 4.78 is 4.85. The fraction of sp³-hybridized carbons (Fsp3) is 0.667. The molecule has 21 heavy (non-hydrogen) atoms. The number of nitrogens with zero attached hydrogens (tertiary/aromatic N) is 3. The van der Waals surface area contributed by atoms with Gasteiger partial charge in [0.15, 0.2) is 0 Å². The summed E-state index contributed by atoms with van der Waals surface area (Å²) in [5.41, 5.74) is 1.98. The summed E-state index contributed by atoms with van der Waals surface area (Å²) in [6, 6.07) is 2.19. The number of hydrogen-bond donors (Lipinski definition) is 1. The summed E-state index contributed by atoms with van der Waals surface area (Å²) in [5, 5.41) is 3.02. The Morgan fingerprint density at radius 1 is 1.33 bits per heavy atom. The van der Waals surface area contributed by atoms with Gasteiger partial charge in [-0.3, -0.25) is 4.79 Å². The number of nitrogens with one attached hydrogen (secondary N) is 1. The fourth-order valence-corrected chi connectivity index (χ4v) is 2.69. The van der Waals surface area contributed by atoms with E-state index in [0.717, 1.165) is 49.7 Å². The molecule has 1 N–H and O–H groups in total. The van der Waals surface area contributed by atoms with Crippen LogP contribution in [0.2, 0.25) is 0 Å². The van der Waals surface area contributed by atoms with Gasteiger partial charge in [-0.1, -0.05) is 0 Å². The molecule has 6 heteroatoms. The summed E-state index contributed by atoms with van der Waals surface area (Å²) in [5.74, 6) is 0.759. The first kappa shape index (κ1) is 15.7. The molecule has 1 aromatic rings. The summed E-state index contributed by atoms with van der Waals surface area (Å²) in [4.78, 5) is 22.8. The van der Waals surface area contributed by atoms with Crippen LogP contribution >= 0.6 is 0 Å². The van der Waals surface area contributed by atoms with E-state index >= 15 is 0 Å². The van der Waals surface area contributed by atoms with Crippen LogP contribution in [0.4, 0.5) is 5.95 Å². The molecule has 2 heterocycles. The highest BCUT2D eigenvalue weighted by atomic mass is 16.5. The van der Waals surface area contributed by atoms with Gasteiger partial charge in [0.25, 0.3) is 0 Å². The second-order valence-corrected chi connectivity index (χ2v) is 5.57. The molecule has 0 aromatic carbocycles. The SMILES string of the molecule is COCC(=O)NC1CCCN(c2nc(C)cc(C)n2)CC1. The average molecular weight is 292 g/mol. The van der Waals surface area contributed by atoms with Crippen molar-refractivity contribution in [3.63, 3.8) is 0 Å². The Kier molecular flexibility index (Phi) is 5.50. The molecule has 1 aliphatic rings. The number of ether oxygens (including phenoxy) is 1. The summed E-state index contributed by atoms with van der Waals surface area (Å²) in [6.07, 6.45) is 2.91. The van der Waals surface area contributed by atoms with Crippen LogP contribution in [0.15, 0.2) is 6.07 Å². The lowest BCUT2D eigenvalue weighted by atomic mass is 10.1. The van der Waals surface area contributed by atoms with Crippen molar-refractivity contribution in [3.8, 4) is 0 Å². The van der Waals surface area contributed by atoms with E-state index in [4.69, 9.17) is 4.74 Å². The number of carbonyl (C=O) groups is 1. The van der Waals surface area contributed by atoms with Crippen LogP contribution in [0.25, 0.3) is 0 Å². The van der Waals surface area contributed by atoms with Gasteiger partial charge in [-0.2, -0.15) is 0 Å². The number of rotatable bonds is 4. The first-order valence-electron chi connectivity index (χ1n) is 7.44. The van der Waals surface area contributed by atoms with Crippen LogP contribution in [0.3, 0.4) is 0 Å². The smallest absolute Gasteiger partial charge is 0.246 e. The molecule has 1 unspecified atom stereocenters. The number of aromatic nitrogens is 2. The molecule has 6 nitrogen and oxygen atoms in total. The second kappa shape index (κ2) is 7.36. The zero-order chi connectivity index (χ0) is 15.2. The Morgan fingerprint density at radius 3 is 2.71 bits per heavy atom. The lowest BCUT2D eigenvalue weighted by Gasteiger charge is -2.21. The lowest BCUT2D eigenvalue weighted by Crippen LogP contribution is -2.37. The molecule has 1 aliphatic heterocycles. The highest BCUT2D eigenvalue weighted by Crippen LogP contribution is 2.17. The molecule has 0 bridgehead atoms. The zero-order valence-corrected chi connectivity index (χ0v) is 13.1. The third-order valence-electron chi connectivity index (χ3n) is 3.62. The van der Waals surface area contributed by atoms with Gasteiger partial charge in [-0.25, -0.2) is 9.97 Å². The van der Waals surface area contributed by atoms with Crippen molar-refractivity contribution in [1.82, 2.24) is 15.3 Å². The first-order chi connectivity index (χ1) is 10.1. The molecule has 0 aliphatic carbocycles. The van der Waals surface area contributed by atoms with Gasteiger partial charge >= 0.3 is 0 Å². The molecular formula is C15H24N4O2. The zero-order valence-electron chi connectivity index (χ0n) is 13.1. The van der Waals surface area contributed by atoms with Crippen LogP contribution in [0.1, 0.15) is 30.7 Å². The maximum Gasteiger partial charge on any atom is 0.246 e. The predicted octanol–water partition coefficient (Wildman–Crippen LogP) is 1.21. The third kappa shape index (κ3) is 4.67. The second-order valence-electron chi connectivity index (χ2n) is 5.57. The van der Waals surface area contributed by atoms with Gasteiger partial charge in [0.05, 0.1) is 0 Å². The molecular weight excluding hydrogens is 268 g/mol. The Balaban J connectivity index is 1.95. The summed E-state index contributed by atoms with van der Waals surface area (Å²) >= 11 is 0. The minimum absolute atomic E-state index is 0.0430. The molecule has 0 spiro atoms. The van der Waals surface area contributed by atoms with Crippen LogP contribution in [0, 0.1) is 13.8 Å². The monoisotopic (exact) mass is 292 g/mol. The van der Waals surface area contributed by atoms with E-state index in [0.29, 0.717) is 0 Å². The number of carbonyl (C=O) groups excluding carboxylic acids is 1. The Hall–Kier alpha value is -1.69. The van der Waals surface area contributed by atoms with Gasteiger partial charge in [-0.05, 0) is 39.2 Å². The van der Waals surface area contributed by atoms with E-state index in [-0.39, 0.29) is 18.6 Å². The van der Waals surface area contributed by atoms with Crippen molar-refractivity contribution < 1.29 is 9.53 Å². The Morgan fingerprint density at radius 2 is 2.05 bits per heavy atom. The molecule has 1 amide bonds. The van der Waals surface area contributed by atoms with E-state index < -0.39 is 0 Å². The average Bonchev–Trinajstić information content (AvgIpc) is 2.63. The summed E-state index contributed by atoms with van der Waals surface area (Å²) in [6.45, 7) is 5.90. The molecule has 0 saturated carbocycles. The number of aryl methyl sites for hydroxylation is 2. The maximum absolute atomic E-state index is 11.6. The largest absolute Gasteiger partial charge is 0.375 e. The quantitative estimate of drug-likeness (QED) is 0.903. The highest BCUT2D eigenvalue weighted by molar-refractivity contribution is 5.77. The standard InChI is InChI=1S/C15H24N4O2/c1-11-9-12(2)17-15(16-11)19-7-4-5-13(6-8-19)18-14(20)10-21-3/h9,13H,4-8,10H2,1-3H3,(H,18,20). The van der Waals surface area contributed by atoms with Crippen molar-refractivity contribution in [2.45, 2.75) is 39.2 Å². The number of amides is 1. The van der Waals surface area contributed by atoms with Gasteiger partial charge in [0.2, 0.25) is 11.9 Å². The van der Waals surface area contributed by atoms with Crippen LogP contribution in [0.5, 0.6) is 0 Å². The van der Waals surface area contributed by atoms with Crippen molar-refractivity contribution >= 4 is 11.9 Å². The maximum atomic E-state index is 11.6. The predicted molar refractivity (Wildman–Crippen MR) is 81.4 cm³/mol. The van der Waals surface area contributed by atoms with E-state index in [9.17, 15) is 4.79 Å². The van der Waals surface area contributed by atoms with Gasteiger partial charge in [-0.15, -0.1) is 0 Å². The molecule has 1 fully saturated rings. The molecule has 116 valence electrons. The van der Waals surface area contributed by atoms with Crippen molar-refractivity contribution in [2.24, 2.45) is 0 Å². The first-order valence-corrected chi connectivity index (χ1v) is 7.44. The van der Waals surface area contributed by atoms with E-state index in [1.807, 2.05) is 19.9 Å². The molecule has 1 saturated heterocycles. The van der Waals surface area contributed by atoms with Gasteiger partial charge in [0.1, 0.15) is 6.61 Å². The molecule has 1 atom stereocenters. The van der Waals surface area contributed by atoms with Crippen LogP contribution in [-0.4, -0.2) is 48.7 Å². The van der Waals surface area contributed by atoms with Crippen molar-refractivity contribution in [3.05, 3.63) is 17.5 Å².